The Morgan fingerprint density at radius 2 is 1.83 bits per heavy atom. The molecule has 2 rings (SSSR count). The lowest BCUT2D eigenvalue weighted by molar-refractivity contribution is 0.470. The van der Waals surface area contributed by atoms with Gasteiger partial charge in [0.25, 0.3) is 0 Å². The van der Waals surface area contributed by atoms with Crippen molar-refractivity contribution in [1.29, 1.82) is 0 Å². The third-order valence-corrected chi connectivity index (χ3v) is 2.84. The lowest BCUT2D eigenvalue weighted by atomic mass is 10.2. The van der Waals surface area contributed by atoms with Gasteiger partial charge in [0.1, 0.15) is 11.5 Å². The number of rotatable bonds is 0. The minimum Gasteiger partial charge on any atom is -0.507 e. The maximum absolute atomic E-state index is 9.41. The van der Waals surface area contributed by atoms with E-state index >= 15 is 0 Å². The molecule has 1 aromatic carbocycles. The zero-order valence-electron chi connectivity index (χ0n) is 6.53. The first-order chi connectivity index (χ1) is 5.68. The number of benzene rings is 1. The second-order valence-electron chi connectivity index (χ2n) is 2.70. The average molecular weight is 180 g/mol. The van der Waals surface area contributed by atoms with Crippen LogP contribution in [0.5, 0.6) is 11.5 Å². The standard InChI is InChI=1S/C9H8O2S/c1-5-4-6-7(10)2-3-8(11)9(6)12-5/h2-4,10-11H,1H3. The quantitative estimate of drug-likeness (QED) is 0.612. The third-order valence-electron chi connectivity index (χ3n) is 1.76. The van der Waals surface area contributed by atoms with Crippen molar-refractivity contribution in [3.8, 4) is 11.5 Å². The molecule has 0 saturated heterocycles. The van der Waals surface area contributed by atoms with Crippen LogP contribution in [0, 0.1) is 6.92 Å². The van der Waals surface area contributed by atoms with E-state index in [4.69, 9.17) is 0 Å². The van der Waals surface area contributed by atoms with E-state index in [1.807, 2.05) is 13.0 Å². The van der Waals surface area contributed by atoms with Crippen LogP contribution < -0.4 is 0 Å². The van der Waals surface area contributed by atoms with Crippen molar-refractivity contribution in [2.24, 2.45) is 0 Å². The molecule has 2 aromatic rings. The Hall–Kier alpha value is -1.22. The van der Waals surface area contributed by atoms with E-state index in [-0.39, 0.29) is 11.5 Å². The van der Waals surface area contributed by atoms with E-state index in [1.165, 1.54) is 23.5 Å². The summed E-state index contributed by atoms with van der Waals surface area (Å²) in [5.41, 5.74) is 0. The number of thiophene rings is 1. The van der Waals surface area contributed by atoms with Gasteiger partial charge in [0, 0.05) is 10.3 Å². The number of hydrogen-bond acceptors (Lipinski definition) is 3. The van der Waals surface area contributed by atoms with Gasteiger partial charge in [0.05, 0.1) is 4.70 Å². The van der Waals surface area contributed by atoms with Crippen LogP contribution in [0.1, 0.15) is 4.88 Å². The van der Waals surface area contributed by atoms with Gasteiger partial charge in [-0.3, -0.25) is 0 Å². The Morgan fingerprint density at radius 3 is 2.50 bits per heavy atom. The largest absolute Gasteiger partial charge is 0.507 e. The SMILES string of the molecule is Cc1cc2c(O)ccc(O)c2s1. The molecule has 62 valence electrons. The number of hydrogen-bond donors (Lipinski definition) is 2. The molecule has 0 aliphatic rings. The van der Waals surface area contributed by atoms with Gasteiger partial charge >= 0.3 is 0 Å². The van der Waals surface area contributed by atoms with Crippen molar-refractivity contribution in [2.45, 2.75) is 6.92 Å². The Kier molecular flexibility index (Phi) is 1.48. The predicted molar refractivity (Wildman–Crippen MR) is 49.9 cm³/mol. The van der Waals surface area contributed by atoms with E-state index in [0.29, 0.717) is 0 Å². The topological polar surface area (TPSA) is 40.5 Å². The lowest BCUT2D eigenvalue weighted by Gasteiger charge is -1.95. The lowest BCUT2D eigenvalue weighted by Crippen LogP contribution is -1.67. The van der Waals surface area contributed by atoms with Gasteiger partial charge in [-0.25, -0.2) is 0 Å². The first kappa shape index (κ1) is 7.43. The van der Waals surface area contributed by atoms with Crippen LogP contribution in [0.4, 0.5) is 0 Å². The number of aromatic hydroxyl groups is 2. The van der Waals surface area contributed by atoms with Crippen LogP contribution in [0.15, 0.2) is 18.2 Å². The molecule has 0 aliphatic carbocycles. The van der Waals surface area contributed by atoms with Gasteiger partial charge in [0.15, 0.2) is 0 Å². The molecule has 3 heteroatoms. The van der Waals surface area contributed by atoms with Gasteiger partial charge in [0.2, 0.25) is 0 Å². The van der Waals surface area contributed by atoms with Gasteiger partial charge in [-0.2, -0.15) is 0 Å². The highest BCUT2D eigenvalue weighted by molar-refractivity contribution is 7.19. The third kappa shape index (κ3) is 0.940. The van der Waals surface area contributed by atoms with E-state index in [9.17, 15) is 10.2 Å². The van der Waals surface area contributed by atoms with Gasteiger partial charge in [-0.15, -0.1) is 11.3 Å². The highest BCUT2D eigenvalue weighted by atomic mass is 32.1. The van der Waals surface area contributed by atoms with Crippen molar-refractivity contribution in [3.05, 3.63) is 23.1 Å². The summed E-state index contributed by atoms with van der Waals surface area (Å²) in [6.07, 6.45) is 0. The number of phenols is 2. The number of aryl methyl sites for hydroxylation is 1. The number of phenolic OH excluding ortho intramolecular Hbond substituents is 2. The fourth-order valence-corrected chi connectivity index (χ4v) is 2.16. The van der Waals surface area contributed by atoms with Crippen LogP contribution in [0.2, 0.25) is 0 Å². The molecule has 0 radical (unpaired) electrons. The molecular weight excluding hydrogens is 172 g/mol. The molecule has 1 aromatic heterocycles. The molecule has 0 amide bonds. The van der Waals surface area contributed by atoms with E-state index in [1.54, 1.807) is 0 Å². The van der Waals surface area contributed by atoms with E-state index in [0.717, 1.165) is 15.0 Å². The summed E-state index contributed by atoms with van der Waals surface area (Å²) in [6.45, 7) is 1.95. The molecule has 12 heavy (non-hydrogen) atoms. The fourth-order valence-electron chi connectivity index (χ4n) is 1.22. The summed E-state index contributed by atoms with van der Waals surface area (Å²) >= 11 is 1.48. The fraction of sp³-hybridized carbons (Fsp3) is 0.111. The van der Waals surface area contributed by atoms with Crippen LogP contribution in [0.25, 0.3) is 10.1 Å². The Balaban J connectivity index is 2.93. The van der Waals surface area contributed by atoms with Gasteiger partial charge in [-0.05, 0) is 25.1 Å². The van der Waals surface area contributed by atoms with Crippen molar-refractivity contribution >= 4 is 21.4 Å². The normalized spacial score (nSPS) is 10.8. The zero-order chi connectivity index (χ0) is 8.72. The van der Waals surface area contributed by atoms with Crippen LogP contribution >= 0.6 is 11.3 Å². The highest BCUT2D eigenvalue weighted by Crippen LogP contribution is 2.37. The summed E-state index contributed by atoms with van der Waals surface area (Å²) in [7, 11) is 0. The molecule has 2 nitrogen and oxygen atoms in total. The van der Waals surface area contributed by atoms with Gasteiger partial charge < -0.3 is 10.2 Å². The second kappa shape index (κ2) is 2.38. The summed E-state index contributed by atoms with van der Waals surface area (Å²) in [6, 6.07) is 4.88. The second-order valence-corrected chi connectivity index (χ2v) is 3.96. The molecule has 0 aliphatic heterocycles. The Labute approximate surface area is 73.7 Å². The molecule has 2 N–H and O–H groups in total. The first-order valence-corrected chi connectivity index (χ1v) is 4.41. The highest BCUT2D eigenvalue weighted by Gasteiger charge is 2.06. The molecular formula is C9H8O2S. The van der Waals surface area contributed by atoms with E-state index < -0.39 is 0 Å². The predicted octanol–water partition coefficient (Wildman–Crippen LogP) is 2.62. The minimum atomic E-state index is 0.229. The summed E-state index contributed by atoms with van der Waals surface area (Å²) in [5.74, 6) is 0.466. The van der Waals surface area contributed by atoms with E-state index in [2.05, 4.69) is 0 Å². The monoisotopic (exact) mass is 180 g/mol. The molecule has 0 spiro atoms. The first-order valence-electron chi connectivity index (χ1n) is 3.59. The molecule has 0 fully saturated rings. The smallest absolute Gasteiger partial charge is 0.133 e. The van der Waals surface area contributed by atoms with Gasteiger partial charge in [-0.1, -0.05) is 0 Å². The molecule has 0 atom stereocenters. The zero-order valence-corrected chi connectivity index (χ0v) is 7.35. The van der Waals surface area contributed by atoms with Crippen LogP contribution in [0.3, 0.4) is 0 Å². The van der Waals surface area contributed by atoms with Crippen LogP contribution in [-0.2, 0) is 0 Å². The molecule has 0 saturated carbocycles. The maximum Gasteiger partial charge on any atom is 0.133 e. The van der Waals surface area contributed by atoms with Crippen molar-refractivity contribution in [2.75, 3.05) is 0 Å². The molecule has 1 heterocycles. The Bertz CT molecular complexity index is 392. The van der Waals surface area contributed by atoms with Crippen LogP contribution in [-0.4, -0.2) is 10.2 Å². The van der Waals surface area contributed by atoms with Crippen molar-refractivity contribution < 1.29 is 10.2 Å². The maximum atomic E-state index is 9.41. The Morgan fingerprint density at radius 1 is 1.17 bits per heavy atom. The minimum absolute atomic E-state index is 0.229. The summed E-state index contributed by atoms with van der Waals surface area (Å²) in [5, 5.41) is 19.5. The summed E-state index contributed by atoms with van der Waals surface area (Å²) < 4.78 is 0.757. The average Bonchev–Trinajstić information content (AvgIpc) is 2.41. The molecule has 0 unspecified atom stereocenters. The number of fused-ring (bicyclic) bond motifs is 1. The van der Waals surface area contributed by atoms with Crippen molar-refractivity contribution in [3.63, 3.8) is 0 Å². The molecule has 0 bridgehead atoms. The van der Waals surface area contributed by atoms with Crippen molar-refractivity contribution in [1.82, 2.24) is 0 Å². The summed E-state index contributed by atoms with van der Waals surface area (Å²) in [4.78, 5) is 1.09.